The number of hydrogen-bond donors (Lipinski definition) is 1. The molecule has 1 atom stereocenters. The van der Waals surface area contributed by atoms with Crippen LogP contribution in [0.25, 0.3) is 10.2 Å². The normalized spacial score (nSPS) is 13.0. The molecule has 4 heteroatoms. The van der Waals surface area contributed by atoms with Gasteiger partial charge in [-0.3, -0.25) is 0 Å². The van der Waals surface area contributed by atoms with Crippen molar-refractivity contribution < 1.29 is 0 Å². The molecule has 0 saturated carbocycles. The van der Waals surface area contributed by atoms with E-state index in [1.165, 1.54) is 29.0 Å². The molecule has 2 N–H and O–H groups in total. The van der Waals surface area contributed by atoms with Crippen LogP contribution in [0.4, 0.5) is 0 Å². The summed E-state index contributed by atoms with van der Waals surface area (Å²) in [6.07, 6.45) is 5.98. The van der Waals surface area contributed by atoms with Crippen molar-refractivity contribution in [2.24, 2.45) is 11.7 Å². The first-order valence-corrected chi connectivity index (χ1v) is 8.59. The molecule has 1 aromatic heterocycles. The molecule has 2 aromatic rings. The average Bonchev–Trinajstić information content (AvgIpc) is 2.78. The molecule has 1 aromatic carbocycles. The molecule has 0 aliphatic carbocycles. The van der Waals surface area contributed by atoms with Gasteiger partial charge in [0.15, 0.2) is 0 Å². The molecule has 2 nitrogen and oxygen atoms in total. The molecule has 104 valence electrons. The summed E-state index contributed by atoms with van der Waals surface area (Å²) in [4.78, 5) is 4.72. The number of hydrogen-bond acceptors (Lipinski definition) is 3. The number of rotatable bonds is 7. The summed E-state index contributed by atoms with van der Waals surface area (Å²) in [5.74, 6) is 0.758. The van der Waals surface area contributed by atoms with Crippen LogP contribution < -0.4 is 5.73 Å². The maximum Gasteiger partial charge on any atom is 0.0938 e. The zero-order valence-electron chi connectivity index (χ0n) is 11.4. The van der Waals surface area contributed by atoms with Crippen LogP contribution in [0.3, 0.4) is 0 Å². The highest BCUT2D eigenvalue weighted by Crippen LogP contribution is 2.27. The minimum atomic E-state index is 0.758. The summed E-state index contributed by atoms with van der Waals surface area (Å²) >= 11 is 5.32. The summed E-state index contributed by atoms with van der Waals surface area (Å²) in [7, 11) is 0. The van der Waals surface area contributed by atoms with Crippen LogP contribution in [0.2, 0.25) is 0 Å². The van der Waals surface area contributed by atoms with E-state index in [0.717, 1.165) is 35.3 Å². The van der Waals surface area contributed by atoms with E-state index in [9.17, 15) is 0 Å². The second-order valence-corrected chi connectivity index (χ2v) is 7.02. The number of thiazole rings is 1. The van der Waals surface area contributed by atoms with Crippen LogP contribution in [-0.2, 0) is 6.42 Å². The first-order valence-electron chi connectivity index (χ1n) is 6.98. The largest absolute Gasteiger partial charge is 0.330 e. The van der Waals surface area contributed by atoms with Crippen molar-refractivity contribution >= 4 is 37.5 Å². The molecule has 0 aliphatic heterocycles. The number of aromatic nitrogens is 1. The van der Waals surface area contributed by atoms with Gasteiger partial charge >= 0.3 is 0 Å². The number of nitrogens with zero attached hydrogens (tertiary/aromatic N) is 1. The Morgan fingerprint density at radius 3 is 2.89 bits per heavy atom. The number of aryl methyl sites for hydroxylation is 1. The molecule has 1 heterocycles. The van der Waals surface area contributed by atoms with Crippen LogP contribution in [-0.4, -0.2) is 11.5 Å². The Kier molecular flexibility index (Phi) is 5.79. The zero-order valence-corrected chi connectivity index (χ0v) is 13.8. The second kappa shape index (κ2) is 7.36. The number of nitrogens with two attached hydrogens (primary N) is 1. The van der Waals surface area contributed by atoms with E-state index in [0.29, 0.717) is 0 Å². The number of halogens is 1. The summed E-state index contributed by atoms with van der Waals surface area (Å²) in [5.41, 5.74) is 6.80. The fraction of sp³-hybridized carbons (Fsp3) is 0.533. The van der Waals surface area contributed by atoms with Crippen LogP contribution in [0, 0.1) is 5.92 Å². The van der Waals surface area contributed by atoms with Crippen molar-refractivity contribution in [3.63, 3.8) is 0 Å². The third-order valence-electron chi connectivity index (χ3n) is 3.43. The van der Waals surface area contributed by atoms with Crippen LogP contribution in [0.5, 0.6) is 0 Å². The number of benzene rings is 1. The topological polar surface area (TPSA) is 38.9 Å². The van der Waals surface area contributed by atoms with Crippen molar-refractivity contribution in [2.75, 3.05) is 6.54 Å². The highest BCUT2D eigenvalue weighted by atomic mass is 79.9. The van der Waals surface area contributed by atoms with Crippen LogP contribution >= 0.6 is 27.3 Å². The van der Waals surface area contributed by atoms with E-state index in [4.69, 9.17) is 10.7 Å². The zero-order chi connectivity index (χ0) is 13.7. The van der Waals surface area contributed by atoms with Gasteiger partial charge in [-0.1, -0.05) is 35.7 Å². The first kappa shape index (κ1) is 14.9. The highest BCUT2D eigenvalue weighted by Gasteiger charge is 2.10. The van der Waals surface area contributed by atoms with Crippen molar-refractivity contribution in [3.8, 4) is 0 Å². The first-order chi connectivity index (χ1) is 9.22. The van der Waals surface area contributed by atoms with Crippen molar-refractivity contribution in [1.29, 1.82) is 0 Å². The van der Waals surface area contributed by atoms with E-state index in [1.54, 1.807) is 0 Å². The molecule has 0 bridgehead atoms. The van der Waals surface area contributed by atoms with Gasteiger partial charge in [0.1, 0.15) is 0 Å². The standard InChI is InChI=1S/C15H21BrN2S/c1-2-3-11(8-9-17)4-7-15-18-13-10-12(16)5-6-14(13)19-15/h5-6,10-11H,2-4,7-9,17H2,1H3. The minimum absolute atomic E-state index is 0.758. The van der Waals surface area contributed by atoms with Gasteiger partial charge in [0.25, 0.3) is 0 Å². The van der Waals surface area contributed by atoms with Crippen molar-refractivity contribution in [2.45, 2.75) is 39.0 Å². The Bertz CT molecular complexity index is 518. The van der Waals surface area contributed by atoms with Crippen LogP contribution in [0.15, 0.2) is 22.7 Å². The van der Waals surface area contributed by atoms with Gasteiger partial charge < -0.3 is 5.73 Å². The molecule has 1 unspecified atom stereocenters. The van der Waals surface area contributed by atoms with Gasteiger partial charge in [0.2, 0.25) is 0 Å². The van der Waals surface area contributed by atoms with E-state index < -0.39 is 0 Å². The van der Waals surface area contributed by atoms with Gasteiger partial charge in [-0.25, -0.2) is 4.98 Å². The Labute approximate surface area is 127 Å². The summed E-state index contributed by atoms with van der Waals surface area (Å²) in [5, 5.41) is 1.26. The third-order valence-corrected chi connectivity index (χ3v) is 5.02. The Balaban J connectivity index is 2.00. The van der Waals surface area contributed by atoms with Gasteiger partial charge in [0.05, 0.1) is 15.2 Å². The lowest BCUT2D eigenvalue weighted by Gasteiger charge is -2.13. The molecular weight excluding hydrogens is 320 g/mol. The average molecular weight is 341 g/mol. The molecule has 19 heavy (non-hydrogen) atoms. The van der Waals surface area contributed by atoms with E-state index in [2.05, 4.69) is 41.1 Å². The fourth-order valence-electron chi connectivity index (χ4n) is 2.46. The van der Waals surface area contributed by atoms with Gasteiger partial charge in [-0.2, -0.15) is 0 Å². The summed E-state index contributed by atoms with van der Waals surface area (Å²) in [6.45, 7) is 3.05. The lowest BCUT2D eigenvalue weighted by Crippen LogP contribution is -2.09. The molecule has 2 rings (SSSR count). The van der Waals surface area contributed by atoms with Gasteiger partial charge in [0, 0.05) is 4.47 Å². The monoisotopic (exact) mass is 340 g/mol. The van der Waals surface area contributed by atoms with E-state index in [1.807, 2.05) is 11.3 Å². The second-order valence-electron chi connectivity index (χ2n) is 4.99. The molecule has 0 aliphatic rings. The van der Waals surface area contributed by atoms with Crippen LogP contribution in [0.1, 0.15) is 37.6 Å². The van der Waals surface area contributed by atoms with Crippen molar-refractivity contribution in [1.82, 2.24) is 4.98 Å². The molecule has 0 saturated heterocycles. The van der Waals surface area contributed by atoms with Crippen molar-refractivity contribution in [3.05, 3.63) is 27.7 Å². The Hall–Kier alpha value is -0.450. The molecule has 0 amide bonds. The Morgan fingerprint density at radius 2 is 2.16 bits per heavy atom. The maximum absolute atomic E-state index is 5.69. The fourth-order valence-corrected chi connectivity index (χ4v) is 3.77. The minimum Gasteiger partial charge on any atom is -0.330 e. The summed E-state index contributed by atoms with van der Waals surface area (Å²) in [6, 6.07) is 6.32. The SMILES string of the molecule is CCCC(CCN)CCc1nc2cc(Br)ccc2s1. The summed E-state index contributed by atoms with van der Waals surface area (Å²) < 4.78 is 2.38. The quantitative estimate of drug-likeness (QED) is 0.789. The lowest BCUT2D eigenvalue weighted by molar-refractivity contribution is 0.421. The number of fused-ring (bicyclic) bond motifs is 1. The molecule has 0 radical (unpaired) electrons. The predicted molar refractivity (Wildman–Crippen MR) is 87.7 cm³/mol. The molecular formula is C15H21BrN2S. The molecule has 0 spiro atoms. The lowest BCUT2D eigenvalue weighted by atomic mass is 9.95. The van der Waals surface area contributed by atoms with E-state index in [-0.39, 0.29) is 0 Å². The van der Waals surface area contributed by atoms with Gasteiger partial charge in [-0.05, 0) is 49.9 Å². The molecule has 0 fully saturated rings. The highest BCUT2D eigenvalue weighted by molar-refractivity contribution is 9.10. The van der Waals surface area contributed by atoms with Gasteiger partial charge in [-0.15, -0.1) is 11.3 Å². The van der Waals surface area contributed by atoms with E-state index >= 15 is 0 Å². The maximum atomic E-state index is 5.69. The Morgan fingerprint density at radius 1 is 1.32 bits per heavy atom. The smallest absolute Gasteiger partial charge is 0.0938 e. The predicted octanol–water partition coefficient (Wildman–Crippen LogP) is 4.76. The third kappa shape index (κ3) is 4.26.